The molecule has 0 spiro atoms. The zero-order valence-electron chi connectivity index (χ0n) is 46.0. The van der Waals surface area contributed by atoms with Crippen molar-refractivity contribution in [3.63, 3.8) is 0 Å². The van der Waals surface area contributed by atoms with Crippen molar-refractivity contribution in [3.8, 4) is 17.2 Å². The van der Waals surface area contributed by atoms with Crippen molar-refractivity contribution >= 4 is 68.6 Å². The van der Waals surface area contributed by atoms with E-state index in [0.29, 0.717) is 0 Å². The lowest BCUT2D eigenvalue weighted by Crippen LogP contribution is -2.47. The van der Waals surface area contributed by atoms with Crippen LogP contribution in [0.5, 0.6) is 17.2 Å². The molecule has 4 aromatic rings. The van der Waals surface area contributed by atoms with Crippen molar-refractivity contribution in [1.29, 1.82) is 0 Å². The first-order valence-corrected chi connectivity index (χ1v) is 27.1. The molecule has 0 bridgehead atoms. The van der Waals surface area contributed by atoms with E-state index in [0.717, 1.165) is 40.7 Å². The Hall–Kier alpha value is -3.24. The highest BCUT2D eigenvalue weighted by Crippen LogP contribution is 2.45. The Kier molecular flexibility index (Phi) is 20.5. The number of aryl methyl sites for hydroxylation is 1. The summed E-state index contributed by atoms with van der Waals surface area (Å²) in [6, 6.07) is 26.7. The predicted octanol–water partition coefficient (Wildman–Crippen LogP) is 7.40. The monoisotopic (exact) mass is 1010 g/mol. The van der Waals surface area contributed by atoms with E-state index in [2.05, 4.69) is 286 Å². The molecule has 0 atom stereocenters. The number of hydrogen-bond acceptors (Lipinski definition) is 14. The quantitative estimate of drug-likeness (QED) is 0.0695. The van der Waals surface area contributed by atoms with E-state index < -0.39 is 16.9 Å². The fraction of sp³-hybridized carbons (Fsp3) is 0.520. The molecule has 0 aliphatic heterocycles. The molecule has 0 radical (unpaired) electrons. The Labute approximate surface area is 425 Å². The van der Waals surface area contributed by atoms with Gasteiger partial charge in [-0.1, -0.05) is 78.6 Å². The van der Waals surface area contributed by atoms with E-state index in [1.165, 1.54) is 33.5 Å². The summed E-state index contributed by atoms with van der Waals surface area (Å²) in [4.78, 5) is 0. The minimum atomic E-state index is -0.416. The maximum atomic E-state index is 7.15. The van der Waals surface area contributed by atoms with Crippen LogP contribution in [0.4, 0.5) is 22.7 Å². The summed E-state index contributed by atoms with van der Waals surface area (Å²) >= 11 is -1.35. The van der Waals surface area contributed by atoms with Crippen LogP contribution in [0.1, 0.15) is 41.7 Å². The smallest absolute Gasteiger partial charge is 0.294 e. The molecule has 0 aliphatic carbocycles. The minimum absolute atomic E-state index is 0.232. The lowest BCUT2D eigenvalue weighted by molar-refractivity contribution is 0.414. The van der Waals surface area contributed by atoms with Gasteiger partial charge >= 0.3 is 0 Å². The third-order valence-electron chi connectivity index (χ3n) is 11.5. The lowest BCUT2D eigenvalue weighted by Gasteiger charge is -2.33. The van der Waals surface area contributed by atoms with Gasteiger partial charge < -0.3 is 9.47 Å². The number of nitrogens with zero attached hydrogens (tertiary/aromatic N) is 12. The first-order chi connectivity index (χ1) is 31.6. The van der Waals surface area contributed by atoms with Gasteiger partial charge in [0.05, 0.1) is 52.4 Å². The first kappa shape index (κ1) is 57.3. The van der Waals surface area contributed by atoms with E-state index in [-0.39, 0.29) is 34.4 Å². The molecule has 378 valence electrons. The van der Waals surface area contributed by atoms with Gasteiger partial charge in [0.2, 0.25) is 0 Å². The third kappa shape index (κ3) is 13.2. The number of benzene rings is 4. The Balaban J connectivity index is 1.92. The molecule has 0 heterocycles. The summed E-state index contributed by atoms with van der Waals surface area (Å²) in [6.07, 6.45) is 0.760. The number of methoxy groups -OCH3 is 1. The SMILES string of the molecule is COc1ccc(C(C)(C)c2ccc(Oc3ccc(Cc4ccc(C)c(N(C)[S+](N(C)C)N(C)C)c4)c(N(C)[S+](N(C)C)N(C)C)c3)c(N(C)[S+](N(C)C)N(C)C)c2)c(N(C)[S+](N(C)C)N(C)C)c1. The van der Waals surface area contributed by atoms with Gasteiger partial charge in [-0.05, 0) is 71.5 Å². The van der Waals surface area contributed by atoms with Gasteiger partial charge in [-0.15, -0.1) is 0 Å². The average Bonchev–Trinajstić information content (AvgIpc) is 3.23. The molecule has 0 fully saturated rings. The molecule has 4 aromatic carbocycles. The fourth-order valence-corrected chi connectivity index (χ4v) is 16.8. The highest BCUT2D eigenvalue weighted by molar-refractivity contribution is 7.94. The summed E-state index contributed by atoms with van der Waals surface area (Å²) in [5.74, 6) is 2.38. The van der Waals surface area contributed by atoms with Gasteiger partial charge in [-0.2, -0.15) is 17.2 Å². The van der Waals surface area contributed by atoms with E-state index in [1.54, 1.807) is 7.11 Å². The fourth-order valence-electron chi connectivity index (χ4n) is 8.94. The average molecular weight is 1020 g/mol. The molecule has 14 nitrogen and oxygen atoms in total. The van der Waals surface area contributed by atoms with Crippen molar-refractivity contribution < 1.29 is 9.47 Å². The number of rotatable bonds is 23. The topological polar surface area (TPSA) is 57.3 Å². The second-order valence-electron chi connectivity index (χ2n) is 18.8. The second kappa shape index (κ2) is 24.3. The van der Waals surface area contributed by atoms with E-state index in [1.807, 2.05) is 0 Å². The number of hydrogen-bond donors (Lipinski definition) is 0. The third-order valence-corrected chi connectivity index (χ3v) is 19.4. The van der Waals surface area contributed by atoms with Crippen molar-refractivity contribution in [2.24, 2.45) is 0 Å². The zero-order chi connectivity index (χ0) is 51.3. The molecule has 0 saturated heterocycles. The molecular formula is C50H86N12O2S4+4. The zero-order valence-corrected chi connectivity index (χ0v) is 49.2. The highest BCUT2D eigenvalue weighted by atomic mass is 32.2. The van der Waals surface area contributed by atoms with Crippen molar-refractivity contribution in [3.05, 3.63) is 101 Å². The Morgan fingerprint density at radius 3 is 1.32 bits per heavy atom. The minimum Gasteiger partial charge on any atom is -0.497 e. The molecular weight excluding hydrogens is 929 g/mol. The van der Waals surface area contributed by atoms with Crippen LogP contribution in [-0.4, -0.2) is 183 Å². The van der Waals surface area contributed by atoms with Crippen LogP contribution >= 0.6 is 0 Å². The normalized spacial score (nSPS) is 12.6. The van der Waals surface area contributed by atoms with Gasteiger partial charge in [0, 0.05) is 130 Å². The molecule has 68 heavy (non-hydrogen) atoms. The van der Waals surface area contributed by atoms with Crippen molar-refractivity contribution in [2.45, 2.75) is 32.6 Å². The molecule has 18 heteroatoms. The molecule has 0 unspecified atom stereocenters. The van der Waals surface area contributed by atoms with Crippen LogP contribution in [0.3, 0.4) is 0 Å². The van der Waals surface area contributed by atoms with Gasteiger partial charge in [-0.25, -0.2) is 0 Å². The summed E-state index contributed by atoms with van der Waals surface area (Å²) in [5, 5.41) is 0. The maximum absolute atomic E-state index is 7.15. The summed E-state index contributed by atoms with van der Waals surface area (Å²) in [5.41, 5.74) is 10.1. The predicted molar refractivity (Wildman–Crippen MR) is 305 cm³/mol. The van der Waals surface area contributed by atoms with Crippen LogP contribution < -0.4 is 26.7 Å². The Bertz CT molecular complexity index is 2230. The van der Waals surface area contributed by atoms with Crippen molar-refractivity contribution in [1.82, 2.24) is 34.4 Å². The summed E-state index contributed by atoms with van der Waals surface area (Å²) in [6.45, 7) is 6.84. The Morgan fingerprint density at radius 2 is 0.853 bits per heavy atom. The van der Waals surface area contributed by atoms with Crippen LogP contribution in [0.25, 0.3) is 0 Å². The van der Waals surface area contributed by atoms with Crippen LogP contribution in [0, 0.1) is 6.92 Å². The van der Waals surface area contributed by atoms with E-state index >= 15 is 0 Å². The van der Waals surface area contributed by atoms with Gasteiger partial charge in [0.25, 0.3) is 45.8 Å². The molecule has 0 saturated carbocycles. The summed E-state index contributed by atoms with van der Waals surface area (Å²) < 4.78 is 40.5. The molecule has 0 aromatic heterocycles. The second-order valence-corrected chi connectivity index (χ2v) is 28.8. The molecule has 0 N–H and O–H groups in total. The lowest BCUT2D eigenvalue weighted by atomic mass is 9.77. The number of ether oxygens (including phenoxy) is 2. The highest BCUT2D eigenvalue weighted by Gasteiger charge is 2.41. The van der Waals surface area contributed by atoms with Gasteiger partial charge in [0.15, 0.2) is 5.75 Å². The summed E-state index contributed by atoms with van der Waals surface area (Å²) in [7, 11) is 44.6. The first-order valence-electron chi connectivity index (χ1n) is 22.7. The Morgan fingerprint density at radius 1 is 0.426 bits per heavy atom. The van der Waals surface area contributed by atoms with E-state index in [9.17, 15) is 0 Å². The molecule has 0 amide bonds. The van der Waals surface area contributed by atoms with Crippen LogP contribution in [-0.2, 0) is 57.6 Å². The maximum Gasteiger partial charge on any atom is 0.294 e. The number of anilines is 4. The largest absolute Gasteiger partial charge is 0.497 e. The van der Waals surface area contributed by atoms with Gasteiger partial charge in [0.1, 0.15) is 17.2 Å². The van der Waals surface area contributed by atoms with Crippen molar-refractivity contribution in [2.75, 3.05) is 165 Å². The standard InChI is InChI=1S/C50H86N12O2S4/c1-38-25-26-39(34-45(38)59(20)65(51(4)5)52(6)7)33-40-27-29-43(37-46(40)60(21)66(53(8)9)54(10)11)64-49-32-28-41(35-48(49)62(23)68(57(16)17)58(18)19)50(2,3)44-31-30-42(63-24)36-47(44)61(22)67(55(12)13)56(14)15/h25-32,34-37H,33H2,1-24H3/q+4. The molecule has 0 aliphatic rings. The van der Waals surface area contributed by atoms with Crippen LogP contribution in [0.2, 0.25) is 0 Å². The molecule has 4 rings (SSSR count). The van der Waals surface area contributed by atoms with Crippen LogP contribution in [0.15, 0.2) is 72.8 Å². The van der Waals surface area contributed by atoms with Gasteiger partial charge in [-0.3, -0.25) is 0 Å². The van der Waals surface area contributed by atoms with E-state index in [4.69, 9.17) is 9.47 Å².